The van der Waals surface area contributed by atoms with Crippen molar-refractivity contribution in [2.75, 3.05) is 12.4 Å². The molecule has 0 saturated carbocycles. The van der Waals surface area contributed by atoms with Crippen LogP contribution in [-0.2, 0) is 19.6 Å². The second-order valence-electron chi connectivity index (χ2n) is 4.01. The molecule has 0 bridgehead atoms. The predicted molar refractivity (Wildman–Crippen MR) is 76.2 cm³/mol. The van der Waals surface area contributed by atoms with Gasteiger partial charge in [0, 0.05) is 5.56 Å². The van der Waals surface area contributed by atoms with Crippen molar-refractivity contribution in [1.29, 1.82) is 0 Å². The van der Waals surface area contributed by atoms with Gasteiger partial charge in [0.25, 0.3) is 10.0 Å². The van der Waals surface area contributed by atoms with Gasteiger partial charge in [0.15, 0.2) is 5.71 Å². The fourth-order valence-corrected chi connectivity index (χ4v) is 2.30. The maximum atomic E-state index is 11.9. The third-order valence-corrected chi connectivity index (χ3v) is 3.87. The van der Waals surface area contributed by atoms with Crippen molar-refractivity contribution in [2.45, 2.75) is 13.8 Å². The van der Waals surface area contributed by atoms with Crippen molar-refractivity contribution >= 4 is 33.1 Å². The van der Waals surface area contributed by atoms with Gasteiger partial charge in [-0.1, -0.05) is 18.2 Å². The van der Waals surface area contributed by atoms with Gasteiger partial charge in [0.2, 0.25) is 0 Å². The largest absolute Gasteiger partial charge is 0.461 e. The van der Waals surface area contributed by atoms with Crippen LogP contribution in [0.2, 0.25) is 0 Å². The van der Waals surface area contributed by atoms with E-state index in [0.29, 0.717) is 11.3 Å². The van der Waals surface area contributed by atoms with Crippen molar-refractivity contribution in [3.63, 3.8) is 0 Å². The summed E-state index contributed by atoms with van der Waals surface area (Å²) in [6.07, 6.45) is 0. The summed E-state index contributed by atoms with van der Waals surface area (Å²) in [5.74, 6) is -0.817. The molecule has 0 aromatic heterocycles. The highest BCUT2D eigenvalue weighted by molar-refractivity contribution is 7.90. The van der Waals surface area contributed by atoms with Crippen LogP contribution >= 0.6 is 0 Å². The van der Waals surface area contributed by atoms with Crippen molar-refractivity contribution in [2.24, 2.45) is 9.39 Å². The summed E-state index contributed by atoms with van der Waals surface area (Å²) < 4.78 is 32.0. The number of carbonyl (C=O) groups is 1. The number of hydrogen-bond acceptors (Lipinski definition) is 5. The van der Waals surface area contributed by atoms with E-state index in [1.54, 1.807) is 31.2 Å². The second kappa shape index (κ2) is 5.54. The van der Waals surface area contributed by atoms with Crippen LogP contribution in [0.15, 0.2) is 33.7 Å². The summed E-state index contributed by atoms with van der Waals surface area (Å²) in [5, 5.41) is 0. The Morgan fingerprint density at radius 3 is 2.65 bits per heavy atom. The van der Waals surface area contributed by atoms with Crippen LogP contribution in [0, 0.1) is 0 Å². The molecule has 1 aromatic rings. The van der Waals surface area contributed by atoms with Gasteiger partial charge in [0.05, 0.1) is 18.0 Å². The van der Waals surface area contributed by atoms with Gasteiger partial charge in [-0.25, -0.2) is 18.2 Å². The lowest BCUT2D eigenvalue weighted by Gasteiger charge is -2.03. The summed E-state index contributed by atoms with van der Waals surface area (Å²) in [6, 6.07) is 6.85. The van der Waals surface area contributed by atoms with E-state index in [1.807, 2.05) is 0 Å². The minimum absolute atomic E-state index is 0.0564. The van der Waals surface area contributed by atoms with E-state index >= 15 is 0 Å². The predicted octanol–water partition coefficient (Wildman–Crippen LogP) is 1.47. The summed E-state index contributed by atoms with van der Waals surface area (Å²) in [6.45, 7) is 3.34. The third-order valence-electron chi connectivity index (χ3n) is 2.68. The first-order valence-electron chi connectivity index (χ1n) is 6.16. The van der Waals surface area contributed by atoms with Crippen LogP contribution in [-0.4, -0.2) is 38.2 Å². The van der Waals surface area contributed by atoms with Gasteiger partial charge in [0.1, 0.15) is 5.71 Å². The molecule has 0 unspecified atom stereocenters. The normalized spacial score (nSPS) is 15.9. The average Bonchev–Trinajstić information content (AvgIpc) is 2.78. The Morgan fingerprint density at radius 2 is 2.00 bits per heavy atom. The Bertz CT molecular complexity index is 705. The number of para-hydroxylation sites is 1. The molecule has 106 valence electrons. The lowest BCUT2D eigenvalue weighted by molar-refractivity contribution is -0.134. The summed E-state index contributed by atoms with van der Waals surface area (Å²) in [5.41, 5.74) is 1.03. The first-order chi connectivity index (χ1) is 9.48. The SMILES string of the molecule is CCOC(=O)C1=Nc2ccccc2/C1=N\S(=O)(=O)CC. The summed E-state index contributed by atoms with van der Waals surface area (Å²) in [7, 11) is -3.63. The highest BCUT2D eigenvalue weighted by atomic mass is 32.2. The number of ether oxygens (including phenoxy) is 1. The molecule has 1 aromatic carbocycles. The van der Waals surface area contributed by atoms with Crippen LogP contribution in [0.5, 0.6) is 0 Å². The zero-order chi connectivity index (χ0) is 14.8. The minimum atomic E-state index is -3.63. The highest BCUT2D eigenvalue weighted by Crippen LogP contribution is 2.27. The molecule has 0 atom stereocenters. The first kappa shape index (κ1) is 14.4. The molecule has 0 radical (unpaired) electrons. The smallest absolute Gasteiger partial charge is 0.359 e. The van der Waals surface area contributed by atoms with Crippen LogP contribution in [0.3, 0.4) is 0 Å². The Labute approximate surface area is 117 Å². The van der Waals surface area contributed by atoms with Crippen molar-refractivity contribution in [3.05, 3.63) is 29.8 Å². The average molecular weight is 294 g/mol. The molecule has 20 heavy (non-hydrogen) atoms. The maximum Gasteiger partial charge on any atom is 0.359 e. The summed E-state index contributed by atoms with van der Waals surface area (Å²) >= 11 is 0. The number of aliphatic imine (C=N–C) groups is 1. The van der Waals surface area contributed by atoms with E-state index in [1.165, 1.54) is 6.92 Å². The Kier molecular flexibility index (Phi) is 3.99. The molecule has 6 nitrogen and oxygen atoms in total. The fourth-order valence-electron chi connectivity index (χ4n) is 1.71. The van der Waals surface area contributed by atoms with Gasteiger partial charge in [-0.3, -0.25) is 0 Å². The molecular formula is C13H14N2O4S. The molecule has 0 N–H and O–H groups in total. The third kappa shape index (κ3) is 2.77. The van der Waals surface area contributed by atoms with Gasteiger partial charge in [-0.2, -0.15) is 4.40 Å². The van der Waals surface area contributed by atoms with Crippen molar-refractivity contribution in [1.82, 2.24) is 0 Å². The monoisotopic (exact) mass is 294 g/mol. The number of hydrogen-bond donors (Lipinski definition) is 0. The molecule has 0 spiro atoms. The number of sulfonamides is 1. The van der Waals surface area contributed by atoms with Crippen molar-refractivity contribution in [3.8, 4) is 0 Å². The molecular weight excluding hydrogens is 280 g/mol. The minimum Gasteiger partial charge on any atom is -0.461 e. The molecule has 0 amide bonds. The maximum absolute atomic E-state index is 11.9. The Balaban J connectivity index is 2.55. The number of rotatable bonds is 4. The van der Waals surface area contributed by atoms with E-state index in [4.69, 9.17) is 4.74 Å². The van der Waals surface area contributed by atoms with Gasteiger partial charge in [-0.05, 0) is 19.9 Å². The number of nitrogens with zero attached hydrogens (tertiary/aromatic N) is 2. The van der Waals surface area contributed by atoms with Gasteiger partial charge in [-0.15, -0.1) is 0 Å². The topological polar surface area (TPSA) is 85.2 Å². The van der Waals surface area contributed by atoms with Crippen molar-refractivity contribution < 1.29 is 17.9 Å². The highest BCUT2D eigenvalue weighted by Gasteiger charge is 2.30. The summed E-state index contributed by atoms with van der Waals surface area (Å²) in [4.78, 5) is 16.0. The van der Waals surface area contributed by atoms with E-state index < -0.39 is 16.0 Å². The number of carbonyl (C=O) groups excluding carboxylic acids is 1. The molecule has 0 fully saturated rings. The van der Waals surface area contributed by atoms with Crippen LogP contribution in [0.4, 0.5) is 5.69 Å². The quantitative estimate of drug-likeness (QED) is 0.787. The van der Waals surface area contributed by atoms with Crippen LogP contribution in [0.1, 0.15) is 19.4 Å². The zero-order valence-corrected chi connectivity index (χ0v) is 12.0. The van der Waals surface area contributed by atoms with E-state index in [2.05, 4.69) is 9.39 Å². The number of fused-ring (bicyclic) bond motifs is 1. The molecule has 1 aliphatic heterocycles. The molecule has 1 aliphatic rings. The number of esters is 1. The lowest BCUT2D eigenvalue weighted by atomic mass is 10.1. The Morgan fingerprint density at radius 1 is 1.30 bits per heavy atom. The molecule has 0 saturated heterocycles. The lowest BCUT2D eigenvalue weighted by Crippen LogP contribution is -2.25. The Hall–Kier alpha value is -2.02. The van der Waals surface area contributed by atoms with Crippen LogP contribution < -0.4 is 0 Å². The molecule has 1 heterocycles. The second-order valence-corrected chi connectivity index (χ2v) is 5.93. The van der Waals surface area contributed by atoms with E-state index in [9.17, 15) is 13.2 Å². The molecule has 7 heteroatoms. The van der Waals surface area contributed by atoms with E-state index in [0.717, 1.165) is 0 Å². The van der Waals surface area contributed by atoms with E-state index in [-0.39, 0.29) is 23.8 Å². The molecule has 0 aliphatic carbocycles. The zero-order valence-electron chi connectivity index (χ0n) is 11.2. The van der Waals surface area contributed by atoms with Gasteiger partial charge < -0.3 is 4.74 Å². The number of benzene rings is 1. The first-order valence-corrected chi connectivity index (χ1v) is 7.77. The van der Waals surface area contributed by atoms with Gasteiger partial charge >= 0.3 is 5.97 Å². The van der Waals surface area contributed by atoms with Crippen LogP contribution in [0.25, 0.3) is 0 Å². The standard InChI is InChI=1S/C13H14N2O4S/c1-3-19-13(16)12-11(15-20(17,18)4-2)9-7-5-6-8-10(9)14-12/h5-8H,3-4H2,1-2H3/b15-11+. The fraction of sp³-hybridized carbons (Fsp3) is 0.308. The molecule has 2 rings (SSSR count).